The number of carboxylic acids is 2. The summed E-state index contributed by atoms with van der Waals surface area (Å²) in [6.07, 6.45) is 1.97. The smallest absolute Gasteiger partial charge is 0.328 e. The molecule has 2 aromatic carbocycles. The molecule has 0 bridgehead atoms. The van der Waals surface area contributed by atoms with Crippen LogP contribution >= 0.6 is 0 Å². The van der Waals surface area contributed by atoms with Gasteiger partial charge in [0.2, 0.25) is 0 Å². The number of aromatic hydroxyl groups is 2. The number of phenols is 2. The molecule has 3 rings (SSSR count). The van der Waals surface area contributed by atoms with E-state index in [2.05, 4.69) is 13.8 Å². The molecule has 2 aromatic rings. The average molecular weight is 400 g/mol. The fraction of sp³-hybridized carbons (Fsp3) is 0.273. The van der Waals surface area contributed by atoms with Crippen LogP contribution in [0.25, 0.3) is 0 Å². The summed E-state index contributed by atoms with van der Waals surface area (Å²) in [5.41, 5.74) is 1.80. The van der Waals surface area contributed by atoms with Gasteiger partial charge in [0, 0.05) is 17.6 Å². The summed E-state index contributed by atoms with van der Waals surface area (Å²) >= 11 is 0. The highest BCUT2D eigenvalue weighted by atomic mass is 16.5. The maximum absolute atomic E-state index is 9.55. The van der Waals surface area contributed by atoms with Crippen LogP contribution in [0, 0.1) is 0 Å². The number of hydrogen-bond acceptors (Lipinski definition) is 5. The second kappa shape index (κ2) is 8.79. The third-order valence-corrected chi connectivity index (χ3v) is 4.65. The number of carboxylic acid groups (broad SMARTS) is 2. The van der Waals surface area contributed by atoms with Gasteiger partial charge in [-0.25, -0.2) is 9.59 Å². The van der Waals surface area contributed by atoms with Crippen LogP contribution in [0.3, 0.4) is 0 Å². The Kier molecular flexibility index (Phi) is 6.66. The summed E-state index contributed by atoms with van der Waals surface area (Å²) in [4.78, 5) is 19.1. The van der Waals surface area contributed by atoms with Gasteiger partial charge in [-0.3, -0.25) is 0 Å². The summed E-state index contributed by atoms with van der Waals surface area (Å²) in [5, 5.41) is 34.7. The van der Waals surface area contributed by atoms with Gasteiger partial charge in [-0.2, -0.15) is 0 Å². The van der Waals surface area contributed by atoms with Crippen molar-refractivity contribution in [2.45, 2.75) is 31.3 Å². The van der Waals surface area contributed by atoms with Gasteiger partial charge in [0.15, 0.2) is 0 Å². The van der Waals surface area contributed by atoms with E-state index in [1.807, 2.05) is 24.3 Å². The van der Waals surface area contributed by atoms with Gasteiger partial charge in [0.25, 0.3) is 0 Å². The van der Waals surface area contributed by atoms with E-state index >= 15 is 0 Å². The highest BCUT2D eigenvalue weighted by Gasteiger charge is 2.46. The largest absolute Gasteiger partial charge is 0.508 e. The topological polar surface area (TPSA) is 124 Å². The van der Waals surface area contributed by atoms with Gasteiger partial charge in [-0.15, -0.1) is 0 Å². The van der Waals surface area contributed by atoms with Gasteiger partial charge >= 0.3 is 11.9 Å². The van der Waals surface area contributed by atoms with Crippen molar-refractivity contribution in [1.82, 2.24) is 0 Å². The molecule has 154 valence electrons. The van der Waals surface area contributed by atoms with Crippen molar-refractivity contribution in [1.29, 1.82) is 0 Å². The van der Waals surface area contributed by atoms with Crippen molar-refractivity contribution in [2.24, 2.45) is 0 Å². The Morgan fingerprint density at radius 1 is 0.828 bits per heavy atom. The van der Waals surface area contributed by atoms with Crippen molar-refractivity contribution in [2.75, 3.05) is 6.61 Å². The third-order valence-electron chi connectivity index (χ3n) is 4.65. The van der Waals surface area contributed by atoms with E-state index in [0.717, 1.165) is 17.5 Å². The van der Waals surface area contributed by atoms with Crippen LogP contribution in [0.1, 0.15) is 31.4 Å². The molecule has 1 saturated heterocycles. The Hall–Kier alpha value is -3.32. The van der Waals surface area contributed by atoms with E-state index in [1.165, 1.54) is 0 Å². The summed E-state index contributed by atoms with van der Waals surface area (Å²) in [7, 11) is 0. The monoisotopic (exact) mass is 400 g/mol. The number of benzene rings is 2. The van der Waals surface area contributed by atoms with E-state index in [0.29, 0.717) is 18.8 Å². The van der Waals surface area contributed by atoms with Gasteiger partial charge in [-0.05, 0) is 55.7 Å². The highest BCUT2D eigenvalue weighted by Crippen LogP contribution is 2.46. The number of rotatable bonds is 4. The first-order valence-electron chi connectivity index (χ1n) is 8.91. The lowest BCUT2D eigenvalue weighted by Gasteiger charge is -2.30. The van der Waals surface area contributed by atoms with Crippen LogP contribution in [-0.2, 0) is 19.7 Å². The molecule has 4 N–H and O–H groups in total. The molecule has 0 unspecified atom stereocenters. The lowest BCUT2D eigenvalue weighted by molar-refractivity contribution is -0.134. The minimum absolute atomic E-state index is 0.199. The first-order valence-corrected chi connectivity index (χ1v) is 8.91. The molecule has 0 saturated carbocycles. The lowest BCUT2D eigenvalue weighted by atomic mass is 9.71. The van der Waals surface area contributed by atoms with E-state index in [9.17, 15) is 19.8 Å². The molecule has 29 heavy (non-hydrogen) atoms. The summed E-state index contributed by atoms with van der Waals surface area (Å²) < 4.78 is 6.00. The molecule has 0 amide bonds. The summed E-state index contributed by atoms with van der Waals surface area (Å²) in [6.45, 7) is 4.78. The maximum atomic E-state index is 9.55. The molecule has 0 aliphatic carbocycles. The predicted molar refractivity (Wildman–Crippen MR) is 106 cm³/mol. The minimum Gasteiger partial charge on any atom is -0.508 e. The van der Waals surface area contributed by atoms with Crippen molar-refractivity contribution in [3.63, 3.8) is 0 Å². The van der Waals surface area contributed by atoms with Gasteiger partial charge in [0.1, 0.15) is 11.5 Å². The van der Waals surface area contributed by atoms with Crippen LogP contribution in [0.5, 0.6) is 11.5 Å². The molecular weight excluding hydrogens is 376 g/mol. The molecule has 0 radical (unpaired) electrons. The Morgan fingerprint density at radius 3 is 1.48 bits per heavy atom. The Bertz CT molecular complexity index is 819. The summed E-state index contributed by atoms with van der Waals surface area (Å²) in [6, 6.07) is 14.6. The summed E-state index contributed by atoms with van der Waals surface area (Å²) in [5.74, 6) is -1.99. The molecule has 0 atom stereocenters. The molecule has 0 aromatic heterocycles. The number of hydrogen-bond donors (Lipinski definition) is 4. The fourth-order valence-corrected chi connectivity index (χ4v) is 3.39. The zero-order chi connectivity index (χ0) is 21.7. The van der Waals surface area contributed by atoms with Crippen molar-refractivity contribution in [3.05, 3.63) is 71.8 Å². The van der Waals surface area contributed by atoms with Gasteiger partial charge < -0.3 is 25.2 Å². The van der Waals surface area contributed by atoms with E-state index in [1.54, 1.807) is 24.3 Å². The maximum Gasteiger partial charge on any atom is 0.328 e. The van der Waals surface area contributed by atoms with E-state index in [4.69, 9.17) is 14.9 Å². The Morgan fingerprint density at radius 2 is 1.21 bits per heavy atom. The van der Waals surface area contributed by atoms with Crippen LogP contribution in [0.15, 0.2) is 60.7 Å². The zero-order valence-corrected chi connectivity index (χ0v) is 16.2. The quantitative estimate of drug-likeness (QED) is 0.581. The SMILES string of the molecule is CC1(C)CC(c2ccc(O)cc2)(c2ccc(O)cc2)CO1.O=C(O)/C=C/C(=O)O. The zero-order valence-electron chi connectivity index (χ0n) is 16.2. The molecule has 1 aliphatic rings. The second-order valence-corrected chi connectivity index (χ2v) is 7.41. The fourth-order valence-electron chi connectivity index (χ4n) is 3.39. The molecule has 1 fully saturated rings. The Balaban J connectivity index is 0.000000321. The number of aliphatic carboxylic acids is 2. The van der Waals surface area contributed by atoms with Crippen LogP contribution in [0.4, 0.5) is 0 Å². The van der Waals surface area contributed by atoms with Gasteiger partial charge in [0.05, 0.1) is 12.2 Å². The van der Waals surface area contributed by atoms with Crippen molar-refractivity contribution in [3.8, 4) is 11.5 Å². The van der Waals surface area contributed by atoms with Crippen LogP contribution in [0.2, 0.25) is 0 Å². The minimum atomic E-state index is -1.26. The molecular formula is C22H24O7. The molecule has 0 spiro atoms. The van der Waals surface area contributed by atoms with Gasteiger partial charge in [-0.1, -0.05) is 24.3 Å². The van der Waals surface area contributed by atoms with Crippen molar-refractivity contribution < 1.29 is 34.8 Å². The second-order valence-electron chi connectivity index (χ2n) is 7.41. The van der Waals surface area contributed by atoms with Crippen LogP contribution in [-0.4, -0.2) is 44.6 Å². The number of ether oxygens (including phenoxy) is 1. The molecule has 1 heterocycles. The number of carbonyl (C=O) groups is 2. The standard InChI is InChI=1S/C18H20O3.C4H4O4/c1-17(2)11-18(12-21-17,13-3-7-15(19)8-4-13)14-5-9-16(20)10-6-14;5-3(6)1-2-4(7)8/h3-10,19-20H,11-12H2,1-2H3;1-2H,(H,5,6)(H,7,8)/b;2-1+. The third kappa shape index (κ3) is 5.83. The number of phenolic OH excluding ortho intramolecular Hbond substituents is 2. The first-order chi connectivity index (χ1) is 13.5. The highest BCUT2D eigenvalue weighted by molar-refractivity contribution is 5.89. The molecule has 1 aliphatic heterocycles. The molecule has 7 heteroatoms. The van der Waals surface area contributed by atoms with Crippen LogP contribution < -0.4 is 0 Å². The average Bonchev–Trinajstić information content (AvgIpc) is 2.98. The lowest BCUT2D eigenvalue weighted by Crippen LogP contribution is -2.29. The normalized spacial score (nSPS) is 16.8. The Labute approximate surface area is 168 Å². The van der Waals surface area contributed by atoms with E-state index in [-0.39, 0.29) is 22.5 Å². The molecule has 7 nitrogen and oxygen atoms in total. The van der Waals surface area contributed by atoms with Crippen molar-refractivity contribution >= 4 is 11.9 Å². The van der Waals surface area contributed by atoms with E-state index < -0.39 is 11.9 Å². The predicted octanol–water partition coefficient (Wildman–Crippen LogP) is 3.29. The first kappa shape index (κ1) is 22.0.